The third kappa shape index (κ3) is 13.6. The first-order chi connectivity index (χ1) is 18.2. The van der Waals surface area contributed by atoms with Crippen molar-refractivity contribution >= 4 is 23.5 Å². The number of aryl methyl sites for hydroxylation is 4. The highest BCUT2D eigenvalue weighted by molar-refractivity contribution is 8.00. The van der Waals surface area contributed by atoms with E-state index < -0.39 is 6.10 Å². The highest BCUT2D eigenvalue weighted by Crippen LogP contribution is 2.27. The van der Waals surface area contributed by atoms with E-state index in [0.717, 1.165) is 85.1 Å². The minimum atomic E-state index is -0.619. The van der Waals surface area contributed by atoms with E-state index in [1.54, 1.807) is 23.5 Å². The van der Waals surface area contributed by atoms with Crippen LogP contribution in [0.3, 0.4) is 0 Å². The van der Waals surface area contributed by atoms with E-state index in [-0.39, 0.29) is 18.0 Å². The molecule has 0 saturated heterocycles. The van der Waals surface area contributed by atoms with Gasteiger partial charge in [-0.2, -0.15) is 23.5 Å². The maximum atomic E-state index is 10.2. The van der Waals surface area contributed by atoms with Crippen molar-refractivity contribution in [2.75, 3.05) is 23.9 Å². The van der Waals surface area contributed by atoms with Crippen molar-refractivity contribution in [3.63, 3.8) is 0 Å². The maximum absolute atomic E-state index is 10.2. The lowest BCUT2D eigenvalue weighted by atomic mass is 10.0. The van der Waals surface area contributed by atoms with E-state index in [0.29, 0.717) is 17.3 Å². The molecule has 2 aromatic rings. The summed E-state index contributed by atoms with van der Waals surface area (Å²) in [6.45, 7) is 7.94. The van der Waals surface area contributed by atoms with Gasteiger partial charge in [-0.3, -0.25) is 0 Å². The molecular weight excluding hydrogens is 516 g/mol. The lowest BCUT2D eigenvalue weighted by Crippen LogP contribution is -2.15. The first-order valence-electron chi connectivity index (χ1n) is 14.0. The Labute approximate surface area is 239 Å². The van der Waals surface area contributed by atoms with Crippen LogP contribution in [0, 0.1) is 0 Å². The van der Waals surface area contributed by atoms with E-state index in [2.05, 4.69) is 20.8 Å². The van der Waals surface area contributed by atoms with Crippen LogP contribution < -0.4 is 0 Å². The highest BCUT2D eigenvalue weighted by Gasteiger charge is 2.10. The van der Waals surface area contributed by atoms with Crippen molar-refractivity contribution in [2.45, 2.75) is 96.5 Å². The van der Waals surface area contributed by atoms with Gasteiger partial charge in [0.2, 0.25) is 0 Å². The predicted octanol–water partition coefficient (Wildman–Crippen LogP) is 6.14. The Morgan fingerprint density at radius 3 is 1.58 bits per heavy atom. The first kappa shape index (κ1) is 34.6. The second kappa shape index (κ2) is 20.5. The third-order valence-corrected chi connectivity index (χ3v) is 8.99. The summed E-state index contributed by atoms with van der Waals surface area (Å²) in [4.78, 5) is 0. The number of rotatable bonds is 17. The molecule has 5 nitrogen and oxygen atoms in total. The molecule has 2 aromatic carbocycles. The van der Waals surface area contributed by atoms with Crippen molar-refractivity contribution < 1.29 is 25.5 Å². The number of aliphatic hydroxyl groups excluding tert-OH is 3. The summed E-state index contributed by atoms with van der Waals surface area (Å²) in [6.07, 6.45) is 6.82. The lowest BCUT2D eigenvalue weighted by molar-refractivity contribution is 0.113. The Balaban J connectivity index is 0.000000380. The van der Waals surface area contributed by atoms with Crippen molar-refractivity contribution in [2.24, 2.45) is 0 Å². The summed E-state index contributed by atoms with van der Waals surface area (Å²) in [7, 11) is 0. The fraction of sp³-hybridized carbons (Fsp3) is 0.613. The van der Waals surface area contributed by atoms with Crippen molar-refractivity contribution in [3.05, 3.63) is 58.7 Å². The Bertz CT molecular complexity index is 891. The Morgan fingerprint density at radius 1 is 0.711 bits per heavy atom. The number of para-hydroxylation sites is 2. The van der Waals surface area contributed by atoms with Gasteiger partial charge < -0.3 is 25.5 Å². The zero-order valence-electron chi connectivity index (χ0n) is 23.7. The molecule has 7 heteroatoms. The Morgan fingerprint density at radius 2 is 1.16 bits per heavy atom. The van der Waals surface area contributed by atoms with Gasteiger partial charge in [0.25, 0.3) is 0 Å². The molecule has 0 heterocycles. The average molecular weight is 567 g/mol. The molecule has 3 atom stereocenters. The maximum Gasteiger partial charge on any atom is 0.121 e. The smallest absolute Gasteiger partial charge is 0.121 e. The van der Waals surface area contributed by atoms with Gasteiger partial charge in [-0.1, -0.05) is 70.0 Å². The third-order valence-electron chi connectivity index (χ3n) is 6.35. The normalized spacial score (nSPS) is 13.4. The summed E-state index contributed by atoms with van der Waals surface area (Å²) >= 11 is 3.43. The highest BCUT2D eigenvalue weighted by atomic mass is 32.2. The largest absolute Gasteiger partial charge is 0.507 e. The van der Waals surface area contributed by atoms with Crippen LogP contribution in [0.4, 0.5) is 0 Å². The molecular formula is C31H50O5S2. The molecule has 0 bridgehead atoms. The van der Waals surface area contributed by atoms with E-state index in [9.17, 15) is 20.4 Å². The summed E-state index contributed by atoms with van der Waals surface area (Å²) in [5, 5.41) is 47.9. The van der Waals surface area contributed by atoms with Gasteiger partial charge in [-0.15, -0.1) is 0 Å². The number of benzene rings is 2. The van der Waals surface area contributed by atoms with Crippen molar-refractivity contribution in [1.29, 1.82) is 0 Å². The molecule has 0 radical (unpaired) electrons. The van der Waals surface area contributed by atoms with Crippen LogP contribution in [0.25, 0.3) is 0 Å². The molecule has 2 rings (SSSR count). The van der Waals surface area contributed by atoms with Crippen LogP contribution in [0.1, 0.15) is 75.6 Å². The van der Waals surface area contributed by atoms with E-state index in [4.69, 9.17) is 5.11 Å². The van der Waals surface area contributed by atoms with Crippen LogP contribution in [0.2, 0.25) is 0 Å². The molecule has 216 valence electrons. The van der Waals surface area contributed by atoms with Gasteiger partial charge in [0.05, 0.1) is 18.8 Å². The number of hydrogen-bond donors (Lipinski definition) is 5. The number of aliphatic hydroxyl groups is 3. The summed E-state index contributed by atoms with van der Waals surface area (Å²) < 4.78 is 0. The van der Waals surface area contributed by atoms with E-state index in [1.807, 2.05) is 43.3 Å². The van der Waals surface area contributed by atoms with Crippen molar-refractivity contribution in [1.82, 2.24) is 0 Å². The lowest BCUT2D eigenvalue weighted by Gasteiger charge is -2.14. The molecule has 38 heavy (non-hydrogen) atoms. The van der Waals surface area contributed by atoms with Gasteiger partial charge in [-0.05, 0) is 79.2 Å². The van der Waals surface area contributed by atoms with Crippen LogP contribution in [-0.2, 0) is 25.7 Å². The Kier molecular flexibility index (Phi) is 18.7. The number of phenols is 2. The fourth-order valence-corrected chi connectivity index (χ4v) is 5.80. The number of thioether (sulfide) groups is 2. The van der Waals surface area contributed by atoms with Gasteiger partial charge in [0.1, 0.15) is 11.5 Å². The minimum absolute atomic E-state index is 0.174. The second-order valence-electron chi connectivity index (χ2n) is 9.78. The molecule has 5 N–H and O–H groups in total. The van der Waals surface area contributed by atoms with Crippen LogP contribution in [-0.4, -0.2) is 66.9 Å². The summed E-state index contributed by atoms with van der Waals surface area (Å²) in [6, 6.07) is 12.0. The van der Waals surface area contributed by atoms with Crippen LogP contribution >= 0.6 is 23.5 Å². The summed E-state index contributed by atoms with van der Waals surface area (Å²) in [5.41, 5.74) is 4.15. The molecule has 0 aliphatic heterocycles. The van der Waals surface area contributed by atoms with Gasteiger partial charge in [-0.25, -0.2) is 0 Å². The zero-order chi connectivity index (χ0) is 28.3. The van der Waals surface area contributed by atoms with Crippen molar-refractivity contribution in [3.8, 4) is 11.5 Å². The quantitative estimate of drug-likeness (QED) is 0.147. The number of aromatic hydroxyl groups is 2. The molecule has 0 aliphatic rings. The number of hydrogen-bond acceptors (Lipinski definition) is 7. The van der Waals surface area contributed by atoms with E-state index >= 15 is 0 Å². The summed E-state index contributed by atoms with van der Waals surface area (Å²) in [5.74, 6) is 3.44. The van der Waals surface area contributed by atoms with Gasteiger partial charge >= 0.3 is 0 Å². The second-order valence-corrected chi connectivity index (χ2v) is 12.4. The molecule has 0 saturated carbocycles. The van der Waals surface area contributed by atoms with E-state index in [1.165, 1.54) is 0 Å². The van der Waals surface area contributed by atoms with Gasteiger partial charge in [0, 0.05) is 11.0 Å². The first-order valence-corrected chi connectivity index (χ1v) is 16.2. The van der Waals surface area contributed by atoms with Gasteiger partial charge in [0.15, 0.2) is 0 Å². The van der Waals surface area contributed by atoms with Crippen LogP contribution in [0.15, 0.2) is 36.4 Å². The monoisotopic (exact) mass is 566 g/mol. The molecule has 0 spiro atoms. The molecule has 3 unspecified atom stereocenters. The number of phenolic OH excluding ortho intramolecular Hbond substituents is 2. The Hall–Kier alpha value is -1.38. The predicted molar refractivity (Wildman–Crippen MR) is 165 cm³/mol. The molecule has 0 aliphatic carbocycles. The van der Waals surface area contributed by atoms with Crippen LogP contribution in [0.5, 0.6) is 11.5 Å². The average Bonchev–Trinajstić information content (AvgIpc) is 2.90. The minimum Gasteiger partial charge on any atom is -0.507 e. The zero-order valence-corrected chi connectivity index (χ0v) is 25.4. The standard InChI is InChI=1S/C16H26O2S.C15H24O3S/c1-4-7-14-8-5-9-15(16(14)18)10-6-11-19-13(3)12(2)17;1-2-5-12-6-3-7-13(15(12)18)8-4-9-19-11-14(17)10-16/h5,8-9,12-13,17-18H,4,6-7,10-11H2,1-3H3;3,6-7,14,16-18H,2,4-5,8-11H2,1H3. The molecule has 0 amide bonds. The topological polar surface area (TPSA) is 101 Å². The SMILES string of the molecule is CCCc1cccc(CCCSC(C)C(C)O)c1O.CCCc1cccc(CCCSCC(O)CO)c1O. The molecule has 0 fully saturated rings. The fourth-order valence-electron chi connectivity index (χ4n) is 3.94. The molecule has 0 aromatic heterocycles.